The summed E-state index contributed by atoms with van der Waals surface area (Å²) in [7, 11) is 0. The summed E-state index contributed by atoms with van der Waals surface area (Å²) in [6, 6.07) is 3.98. The van der Waals surface area contributed by atoms with E-state index in [1.807, 2.05) is 24.4 Å². The van der Waals surface area contributed by atoms with Gasteiger partial charge in [0.25, 0.3) is 0 Å². The molecule has 0 unspecified atom stereocenters. The van der Waals surface area contributed by atoms with Gasteiger partial charge < -0.3 is 10.8 Å². The Kier molecular flexibility index (Phi) is 1.98. The lowest BCUT2D eigenvalue weighted by atomic mass is 10.1. The molecule has 3 heteroatoms. The highest BCUT2D eigenvalue weighted by Gasteiger charge is 2.07. The van der Waals surface area contributed by atoms with Gasteiger partial charge in [-0.3, -0.25) is 0 Å². The number of aliphatic hydroxyl groups excluding tert-OH is 1. The molecule has 0 bridgehead atoms. The lowest BCUT2D eigenvalue weighted by Crippen LogP contribution is -1.95. The highest BCUT2D eigenvalue weighted by atomic mass is 32.1. The van der Waals surface area contributed by atoms with E-state index in [4.69, 9.17) is 5.73 Å². The minimum Gasteiger partial charge on any atom is -0.398 e. The van der Waals surface area contributed by atoms with Crippen LogP contribution in [0.2, 0.25) is 0 Å². The van der Waals surface area contributed by atoms with Crippen molar-refractivity contribution in [3.8, 4) is 0 Å². The monoisotopic (exact) mass is 193 g/mol. The van der Waals surface area contributed by atoms with Crippen molar-refractivity contribution in [3.05, 3.63) is 28.6 Å². The normalized spacial score (nSPS) is 10.9. The third-order valence-corrected chi connectivity index (χ3v) is 3.31. The maximum Gasteiger partial charge on any atom is 0.0699 e. The van der Waals surface area contributed by atoms with E-state index in [-0.39, 0.29) is 6.61 Å². The van der Waals surface area contributed by atoms with Crippen molar-refractivity contribution >= 4 is 27.1 Å². The van der Waals surface area contributed by atoms with E-state index < -0.39 is 0 Å². The fourth-order valence-electron chi connectivity index (χ4n) is 1.49. The van der Waals surface area contributed by atoms with Crippen LogP contribution in [0.4, 0.5) is 5.69 Å². The molecular weight excluding hydrogens is 182 g/mol. The Bertz CT molecular complexity index is 447. The van der Waals surface area contributed by atoms with E-state index >= 15 is 0 Å². The minimum atomic E-state index is 0.0634. The topological polar surface area (TPSA) is 46.2 Å². The molecule has 0 atom stereocenters. The van der Waals surface area contributed by atoms with Gasteiger partial charge in [0.2, 0.25) is 0 Å². The molecule has 0 radical (unpaired) electrons. The summed E-state index contributed by atoms with van der Waals surface area (Å²) in [5.74, 6) is 0. The quantitative estimate of drug-likeness (QED) is 0.682. The molecule has 1 aromatic carbocycles. The number of fused-ring (bicyclic) bond motifs is 1. The number of nitrogens with two attached hydrogens (primary N) is 1. The largest absolute Gasteiger partial charge is 0.398 e. The van der Waals surface area contributed by atoms with Crippen molar-refractivity contribution in [1.29, 1.82) is 0 Å². The Morgan fingerprint density at radius 2 is 2.31 bits per heavy atom. The summed E-state index contributed by atoms with van der Waals surface area (Å²) in [4.78, 5) is 0. The van der Waals surface area contributed by atoms with E-state index in [2.05, 4.69) is 0 Å². The first kappa shape index (κ1) is 8.53. The van der Waals surface area contributed by atoms with Crippen molar-refractivity contribution in [3.63, 3.8) is 0 Å². The number of aliphatic hydroxyl groups is 1. The van der Waals surface area contributed by atoms with Crippen molar-refractivity contribution in [2.45, 2.75) is 13.5 Å². The van der Waals surface area contributed by atoms with Crippen molar-refractivity contribution in [2.24, 2.45) is 0 Å². The molecule has 2 rings (SSSR count). The molecule has 0 aliphatic carbocycles. The number of benzene rings is 1. The van der Waals surface area contributed by atoms with Gasteiger partial charge in [0, 0.05) is 16.0 Å². The van der Waals surface area contributed by atoms with Crippen LogP contribution in [0.25, 0.3) is 10.1 Å². The molecule has 13 heavy (non-hydrogen) atoms. The van der Waals surface area contributed by atoms with Gasteiger partial charge in [0.1, 0.15) is 0 Å². The molecule has 3 N–H and O–H groups in total. The van der Waals surface area contributed by atoms with Crippen LogP contribution >= 0.6 is 11.3 Å². The Morgan fingerprint density at radius 1 is 1.54 bits per heavy atom. The predicted octanol–water partition coefficient (Wildman–Crippen LogP) is 2.28. The Morgan fingerprint density at radius 3 is 3.00 bits per heavy atom. The zero-order valence-corrected chi connectivity index (χ0v) is 8.19. The summed E-state index contributed by atoms with van der Waals surface area (Å²) < 4.78 is 1.15. The van der Waals surface area contributed by atoms with Crippen LogP contribution in [0.1, 0.15) is 11.1 Å². The Balaban J connectivity index is 2.87. The SMILES string of the molecule is Cc1c(N)cc2ccsc2c1CO. The third kappa shape index (κ3) is 1.20. The summed E-state index contributed by atoms with van der Waals surface area (Å²) in [6.07, 6.45) is 0. The number of hydrogen-bond acceptors (Lipinski definition) is 3. The van der Waals surface area contributed by atoms with Gasteiger partial charge in [-0.1, -0.05) is 0 Å². The predicted molar refractivity (Wildman–Crippen MR) is 56.9 cm³/mol. The molecule has 2 aromatic rings. The second-order valence-corrected chi connectivity index (χ2v) is 3.98. The van der Waals surface area contributed by atoms with Crippen molar-refractivity contribution < 1.29 is 5.11 Å². The lowest BCUT2D eigenvalue weighted by Gasteiger charge is -2.07. The van der Waals surface area contributed by atoms with E-state index in [0.29, 0.717) is 0 Å². The lowest BCUT2D eigenvalue weighted by molar-refractivity contribution is 0.283. The zero-order chi connectivity index (χ0) is 9.42. The first-order chi connectivity index (χ1) is 6.24. The average Bonchev–Trinajstić information content (AvgIpc) is 2.54. The molecule has 1 aromatic heterocycles. The highest BCUT2D eigenvalue weighted by Crippen LogP contribution is 2.31. The fourth-order valence-corrected chi connectivity index (χ4v) is 2.46. The number of rotatable bonds is 1. The molecule has 2 nitrogen and oxygen atoms in total. The highest BCUT2D eigenvalue weighted by molar-refractivity contribution is 7.17. The van der Waals surface area contributed by atoms with Crippen LogP contribution in [-0.2, 0) is 6.61 Å². The van der Waals surface area contributed by atoms with Gasteiger partial charge in [-0.25, -0.2) is 0 Å². The van der Waals surface area contributed by atoms with Crippen LogP contribution in [0, 0.1) is 6.92 Å². The number of hydrogen-bond donors (Lipinski definition) is 2. The minimum absolute atomic E-state index is 0.0634. The second-order valence-electron chi connectivity index (χ2n) is 3.07. The van der Waals surface area contributed by atoms with Crippen molar-refractivity contribution in [1.82, 2.24) is 0 Å². The van der Waals surface area contributed by atoms with E-state index in [0.717, 1.165) is 26.9 Å². The smallest absolute Gasteiger partial charge is 0.0699 e. The molecule has 0 fully saturated rings. The van der Waals surface area contributed by atoms with E-state index in [1.54, 1.807) is 11.3 Å². The van der Waals surface area contributed by atoms with Gasteiger partial charge >= 0.3 is 0 Å². The first-order valence-electron chi connectivity index (χ1n) is 4.10. The van der Waals surface area contributed by atoms with Gasteiger partial charge in [-0.2, -0.15) is 0 Å². The van der Waals surface area contributed by atoms with Gasteiger partial charge in [-0.05, 0) is 35.4 Å². The number of thiophene rings is 1. The number of nitrogen functional groups attached to an aromatic ring is 1. The summed E-state index contributed by atoms with van der Waals surface area (Å²) in [5.41, 5.74) is 8.53. The van der Waals surface area contributed by atoms with Crippen LogP contribution in [0.5, 0.6) is 0 Å². The van der Waals surface area contributed by atoms with Gasteiger partial charge in [0.05, 0.1) is 6.61 Å². The van der Waals surface area contributed by atoms with Crippen LogP contribution in [-0.4, -0.2) is 5.11 Å². The first-order valence-corrected chi connectivity index (χ1v) is 4.98. The molecule has 1 heterocycles. The number of anilines is 1. The molecule has 68 valence electrons. The summed E-state index contributed by atoms with van der Waals surface area (Å²) in [6.45, 7) is 2.01. The third-order valence-electron chi connectivity index (χ3n) is 2.32. The van der Waals surface area contributed by atoms with Gasteiger partial charge in [-0.15, -0.1) is 11.3 Å². The maximum absolute atomic E-state index is 9.21. The molecule has 0 spiro atoms. The average molecular weight is 193 g/mol. The van der Waals surface area contributed by atoms with Crippen LogP contribution in [0.15, 0.2) is 17.5 Å². The van der Waals surface area contributed by atoms with E-state index in [1.165, 1.54) is 0 Å². The standard InChI is InChI=1S/C10H11NOS/c1-6-8(5-12)10-7(2-3-13-10)4-9(6)11/h2-4,12H,5,11H2,1H3. The van der Waals surface area contributed by atoms with Crippen molar-refractivity contribution in [2.75, 3.05) is 5.73 Å². The zero-order valence-electron chi connectivity index (χ0n) is 7.37. The molecule has 0 aliphatic rings. The molecule has 0 saturated heterocycles. The van der Waals surface area contributed by atoms with Crippen LogP contribution < -0.4 is 5.73 Å². The molecular formula is C10H11NOS. The Labute approximate surface area is 80.6 Å². The fraction of sp³-hybridized carbons (Fsp3) is 0.200. The Hall–Kier alpha value is -1.06. The summed E-state index contributed by atoms with van der Waals surface area (Å²) >= 11 is 1.65. The van der Waals surface area contributed by atoms with Crippen LogP contribution in [0.3, 0.4) is 0 Å². The maximum atomic E-state index is 9.21. The second kappa shape index (κ2) is 3.01. The molecule has 0 amide bonds. The van der Waals surface area contributed by atoms with E-state index in [9.17, 15) is 5.11 Å². The van der Waals surface area contributed by atoms with Gasteiger partial charge in [0.15, 0.2) is 0 Å². The molecule has 0 saturated carbocycles. The summed E-state index contributed by atoms with van der Waals surface area (Å²) in [5, 5.41) is 12.3. The molecule has 0 aliphatic heterocycles.